The summed E-state index contributed by atoms with van der Waals surface area (Å²) in [7, 11) is 6.21. The third-order valence-corrected chi connectivity index (χ3v) is 7.89. The Balaban J connectivity index is 1.79. The van der Waals surface area contributed by atoms with Crippen molar-refractivity contribution < 1.29 is 29.2 Å². The van der Waals surface area contributed by atoms with Gasteiger partial charge in [-0.3, -0.25) is 0 Å². The number of anilines is 2. The molecule has 44 heavy (non-hydrogen) atoms. The Labute approximate surface area is 254 Å². The predicted molar refractivity (Wildman–Crippen MR) is 176 cm³/mol. The third kappa shape index (κ3) is 4.66. The fourth-order valence-corrected chi connectivity index (χ4v) is 5.80. The molecule has 0 aliphatic carbocycles. The van der Waals surface area contributed by atoms with E-state index in [9.17, 15) is 10.2 Å². The zero-order chi connectivity index (χ0) is 31.1. The largest absolute Gasteiger partial charge is 0.507 e. The molecule has 6 aromatic carbocycles. The molecule has 0 heterocycles. The molecule has 0 aromatic heterocycles. The van der Waals surface area contributed by atoms with Gasteiger partial charge in [-0.1, -0.05) is 24.3 Å². The van der Waals surface area contributed by atoms with Crippen LogP contribution in [0.3, 0.4) is 0 Å². The molecule has 8 heteroatoms. The van der Waals surface area contributed by atoms with E-state index < -0.39 is 0 Å². The SMILES string of the molecule is COc1cc(OC)c2c(O)c(-c3cc(-c4cccc(N)c4)c4cc(OC)cc(OC)c4c3O)cc(-c3cccc(N)c3)c2c1. The molecule has 0 saturated carbocycles. The Kier molecular flexibility index (Phi) is 7.19. The maximum atomic E-state index is 12.0. The summed E-state index contributed by atoms with van der Waals surface area (Å²) in [6.45, 7) is 0. The van der Waals surface area contributed by atoms with Crippen LogP contribution < -0.4 is 30.4 Å². The Morgan fingerprint density at radius 3 is 1.23 bits per heavy atom. The lowest BCUT2D eigenvalue weighted by atomic mass is 9.87. The van der Waals surface area contributed by atoms with Crippen molar-refractivity contribution in [3.63, 3.8) is 0 Å². The normalized spacial score (nSPS) is 11.1. The van der Waals surface area contributed by atoms with Crippen molar-refractivity contribution in [2.24, 2.45) is 0 Å². The van der Waals surface area contributed by atoms with Crippen LogP contribution >= 0.6 is 0 Å². The molecule has 0 unspecified atom stereocenters. The molecule has 0 radical (unpaired) electrons. The van der Waals surface area contributed by atoms with E-state index in [0.717, 1.165) is 22.3 Å². The lowest BCUT2D eigenvalue weighted by Gasteiger charge is -2.20. The van der Waals surface area contributed by atoms with Crippen LogP contribution in [-0.4, -0.2) is 38.7 Å². The summed E-state index contributed by atoms with van der Waals surface area (Å²) < 4.78 is 22.6. The van der Waals surface area contributed by atoms with Crippen molar-refractivity contribution >= 4 is 32.9 Å². The molecule has 6 aromatic rings. The van der Waals surface area contributed by atoms with Crippen LogP contribution in [-0.2, 0) is 0 Å². The van der Waals surface area contributed by atoms with Crippen molar-refractivity contribution in [1.29, 1.82) is 0 Å². The minimum Gasteiger partial charge on any atom is -0.507 e. The first-order chi connectivity index (χ1) is 21.3. The Morgan fingerprint density at radius 1 is 0.477 bits per heavy atom. The highest BCUT2D eigenvalue weighted by molar-refractivity contribution is 6.13. The molecule has 0 bridgehead atoms. The second-order valence-electron chi connectivity index (χ2n) is 10.4. The van der Waals surface area contributed by atoms with Gasteiger partial charge in [0.25, 0.3) is 0 Å². The monoisotopic (exact) mass is 588 g/mol. The molecule has 0 saturated heterocycles. The molecule has 0 aliphatic heterocycles. The molecule has 222 valence electrons. The molecule has 0 amide bonds. The van der Waals surface area contributed by atoms with Gasteiger partial charge < -0.3 is 40.6 Å². The zero-order valence-corrected chi connectivity index (χ0v) is 24.8. The minimum absolute atomic E-state index is 0.0761. The standard InChI is InChI=1S/C36H32N2O6/c1-41-23-13-27-25(19-7-5-9-21(37)11-19)17-29(35(39)33(27)31(15-23)43-3)30-18-26(20-8-6-10-22(38)12-20)28-14-24(42-2)16-32(44-4)34(28)36(30)40/h5-18,39-40H,37-38H2,1-4H3. The first-order valence-electron chi connectivity index (χ1n) is 13.8. The van der Waals surface area contributed by atoms with E-state index in [1.54, 1.807) is 26.4 Å². The summed E-state index contributed by atoms with van der Waals surface area (Å²) in [5, 5.41) is 26.3. The van der Waals surface area contributed by atoms with Gasteiger partial charge in [-0.05, 0) is 70.8 Å². The zero-order valence-electron chi connectivity index (χ0n) is 24.8. The Morgan fingerprint density at radius 2 is 0.886 bits per heavy atom. The van der Waals surface area contributed by atoms with Gasteiger partial charge in [0, 0.05) is 45.4 Å². The lowest BCUT2D eigenvalue weighted by Crippen LogP contribution is -1.96. The summed E-state index contributed by atoms with van der Waals surface area (Å²) in [5.74, 6) is 1.77. The van der Waals surface area contributed by atoms with E-state index in [2.05, 4.69) is 0 Å². The number of nitrogens with two attached hydrogens (primary N) is 2. The Hall–Kier alpha value is -5.76. The molecule has 0 fully saturated rings. The number of phenolic OH excluding ortho intramolecular Hbond substituents is 2. The van der Waals surface area contributed by atoms with Crippen molar-refractivity contribution in [3.05, 3.63) is 84.9 Å². The van der Waals surface area contributed by atoms with E-state index in [0.29, 0.717) is 67.0 Å². The van der Waals surface area contributed by atoms with E-state index in [1.807, 2.05) is 72.8 Å². The number of aromatic hydroxyl groups is 2. The number of ether oxygens (including phenoxy) is 4. The molecule has 6 N–H and O–H groups in total. The maximum absolute atomic E-state index is 12.0. The number of phenols is 2. The first kappa shape index (κ1) is 28.4. The molecule has 8 nitrogen and oxygen atoms in total. The van der Waals surface area contributed by atoms with Crippen molar-refractivity contribution in [3.8, 4) is 67.9 Å². The van der Waals surface area contributed by atoms with Gasteiger partial charge in [0.15, 0.2) is 0 Å². The summed E-state index contributed by atoms with van der Waals surface area (Å²) in [5.41, 5.74) is 17.4. The van der Waals surface area contributed by atoms with Crippen molar-refractivity contribution in [1.82, 2.24) is 0 Å². The van der Waals surface area contributed by atoms with Crippen LogP contribution in [0.1, 0.15) is 0 Å². The average Bonchev–Trinajstić information content (AvgIpc) is 3.04. The number of fused-ring (bicyclic) bond motifs is 2. The van der Waals surface area contributed by atoms with E-state index in [4.69, 9.17) is 30.4 Å². The molecule has 6 rings (SSSR count). The van der Waals surface area contributed by atoms with Gasteiger partial charge in [0.1, 0.15) is 34.5 Å². The van der Waals surface area contributed by atoms with Gasteiger partial charge in [-0.25, -0.2) is 0 Å². The van der Waals surface area contributed by atoms with Crippen LogP contribution in [0.15, 0.2) is 84.9 Å². The first-order valence-corrected chi connectivity index (χ1v) is 13.8. The van der Waals surface area contributed by atoms with Gasteiger partial charge >= 0.3 is 0 Å². The molecule has 0 atom stereocenters. The smallest absolute Gasteiger partial charge is 0.135 e. The average molecular weight is 589 g/mol. The fraction of sp³-hybridized carbons (Fsp3) is 0.111. The van der Waals surface area contributed by atoms with Gasteiger partial charge in [0.2, 0.25) is 0 Å². The van der Waals surface area contributed by atoms with Gasteiger partial charge in [-0.15, -0.1) is 0 Å². The number of benzene rings is 6. The summed E-state index contributed by atoms with van der Waals surface area (Å²) in [6, 6.07) is 25.7. The number of hydrogen-bond donors (Lipinski definition) is 4. The quantitative estimate of drug-likeness (QED) is 0.140. The Bertz CT molecular complexity index is 1920. The molecular weight excluding hydrogens is 556 g/mol. The van der Waals surface area contributed by atoms with Crippen LogP contribution in [0.2, 0.25) is 0 Å². The van der Waals surface area contributed by atoms with Crippen LogP contribution in [0.25, 0.3) is 54.9 Å². The van der Waals surface area contributed by atoms with Crippen LogP contribution in [0, 0.1) is 0 Å². The topological polar surface area (TPSA) is 129 Å². The second-order valence-corrected chi connectivity index (χ2v) is 10.4. The van der Waals surface area contributed by atoms with Crippen LogP contribution in [0.5, 0.6) is 34.5 Å². The van der Waals surface area contributed by atoms with Crippen LogP contribution in [0.4, 0.5) is 11.4 Å². The fourth-order valence-electron chi connectivity index (χ4n) is 5.80. The summed E-state index contributed by atoms with van der Waals surface area (Å²) >= 11 is 0. The summed E-state index contributed by atoms with van der Waals surface area (Å²) in [6.07, 6.45) is 0. The van der Waals surface area contributed by atoms with Crippen molar-refractivity contribution in [2.45, 2.75) is 0 Å². The highest BCUT2D eigenvalue weighted by Crippen LogP contribution is 2.53. The van der Waals surface area contributed by atoms with E-state index >= 15 is 0 Å². The number of methoxy groups -OCH3 is 4. The molecular formula is C36H32N2O6. The second kappa shape index (κ2) is 11.1. The highest BCUT2D eigenvalue weighted by atomic mass is 16.5. The third-order valence-electron chi connectivity index (χ3n) is 7.89. The number of rotatable bonds is 7. The number of hydrogen-bond acceptors (Lipinski definition) is 8. The van der Waals surface area contributed by atoms with Crippen molar-refractivity contribution in [2.75, 3.05) is 39.9 Å². The predicted octanol–water partition coefficient (Wildman–Crippen LogP) is 7.60. The number of nitrogen functional groups attached to an aromatic ring is 2. The molecule has 0 spiro atoms. The lowest BCUT2D eigenvalue weighted by molar-refractivity contribution is 0.396. The molecule has 0 aliphatic rings. The van der Waals surface area contributed by atoms with E-state index in [1.165, 1.54) is 14.2 Å². The minimum atomic E-state index is -0.0761. The highest BCUT2D eigenvalue weighted by Gasteiger charge is 2.25. The van der Waals surface area contributed by atoms with Gasteiger partial charge in [-0.2, -0.15) is 0 Å². The van der Waals surface area contributed by atoms with Gasteiger partial charge in [0.05, 0.1) is 39.2 Å². The van der Waals surface area contributed by atoms with E-state index in [-0.39, 0.29) is 11.5 Å². The maximum Gasteiger partial charge on any atom is 0.135 e. The summed E-state index contributed by atoms with van der Waals surface area (Å²) in [4.78, 5) is 0.